The molecule has 1 N–H and O–H groups in total. The summed E-state index contributed by atoms with van der Waals surface area (Å²) in [5.41, 5.74) is 1.14. The third-order valence-electron chi connectivity index (χ3n) is 3.67. The van der Waals surface area contributed by atoms with Gasteiger partial charge >= 0.3 is 0 Å². The van der Waals surface area contributed by atoms with Crippen LogP contribution >= 0.6 is 23.2 Å². The van der Waals surface area contributed by atoms with Gasteiger partial charge in [-0.1, -0.05) is 53.5 Å². The Kier molecular flexibility index (Phi) is 4.63. The maximum Gasteiger partial charge on any atom is 0.233 e. The van der Waals surface area contributed by atoms with Gasteiger partial charge in [-0.3, -0.25) is 0 Å². The fraction of sp³-hybridized carbons (Fsp3) is 0.312. The molecule has 5 heteroatoms. The van der Waals surface area contributed by atoms with Gasteiger partial charge in [0.25, 0.3) is 0 Å². The van der Waals surface area contributed by atoms with Gasteiger partial charge in [-0.05, 0) is 24.6 Å². The molecule has 1 saturated heterocycles. The molecule has 0 amide bonds. The minimum atomic E-state index is -0.0626. The first kappa shape index (κ1) is 14.6. The highest BCUT2D eigenvalue weighted by atomic mass is 35.5. The Balaban J connectivity index is 1.88. The Morgan fingerprint density at radius 3 is 2.71 bits per heavy atom. The zero-order valence-corrected chi connectivity index (χ0v) is 12.9. The predicted molar refractivity (Wildman–Crippen MR) is 85.0 cm³/mol. The summed E-state index contributed by atoms with van der Waals surface area (Å²) >= 11 is 12.1. The fourth-order valence-corrected chi connectivity index (χ4v) is 3.05. The number of benzene rings is 1. The largest absolute Gasteiger partial charge is 0.468 e. The summed E-state index contributed by atoms with van der Waals surface area (Å²) in [6.45, 7) is 1.95. The van der Waals surface area contributed by atoms with E-state index in [1.165, 1.54) is 0 Å². The lowest BCUT2D eigenvalue weighted by atomic mass is 9.95. The summed E-state index contributed by atoms with van der Waals surface area (Å²) in [6.07, 6.45) is 2.56. The van der Waals surface area contributed by atoms with Gasteiger partial charge in [0.2, 0.25) is 5.88 Å². The van der Waals surface area contributed by atoms with Gasteiger partial charge in [0, 0.05) is 18.7 Å². The maximum atomic E-state index is 6.18. The average Bonchev–Trinajstić information content (AvgIpc) is 3.01. The first-order valence-corrected chi connectivity index (χ1v) is 7.73. The Bertz CT molecular complexity index is 600. The Morgan fingerprint density at radius 1 is 1.24 bits per heavy atom. The van der Waals surface area contributed by atoms with Crippen molar-refractivity contribution in [2.75, 3.05) is 13.1 Å². The number of pyridine rings is 1. The number of halogens is 2. The summed E-state index contributed by atoms with van der Waals surface area (Å²) in [5.74, 6) is 0.836. The highest BCUT2D eigenvalue weighted by molar-refractivity contribution is 6.35. The molecule has 0 spiro atoms. The van der Waals surface area contributed by atoms with E-state index in [-0.39, 0.29) is 6.10 Å². The van der Waals surface area contributed by atoms with Gasteiger partial charge in [0.15, 0.2) is 0 Å². The van der Waals surface area contributed by atoms with Crippen molar-refractivity contribution in [3.05, 3.63) is 58.2 Å². The predicted octanol–water partition coefficient (Wildman–Crippen LogP) is 4.12. The normalized spacial score (nSPS) is 19.4. The van der Waals surface area contributed by atoms with E-state index < -0.39 is 0 Å². The zero-order valence-electron chi connectivity index (χ0n) is 11.4. The molecular formula is C16H16Cl2N2O. The molecule has 0 aliphatic carbocycles. The molecule has 1 fully saturated rings. The molecule has 3 nitrogen and oxygen atoms in total. The summed E-state index contributed by atoms with van der Waals surface area (Å²) in [4.78, 5) is 4.21. The minimum absolute atomic E-state index is 0.0626. The van der Waals surface area contributed by atoms with Gasteiger partial charge in [-0.25, -0.2) is 4.98 Å². The number of nitrogens with one attached hydrogen (secondary N) is 1. The van der Waals surface area contributed by atoms with Gasteiger partial charge in [-0.15, -0.1) is 0 Å². The molecule has 2 atom stereocenters. The van der Waals surface area contributed by atoms with Crippen LogP contribution in [0.4, 0.5) is 0 Å². The third-order valence-corrected chi connectivity index (χ3v) is 4.14. The molecule has 3 rings (SSSR count). The lowest BCUT2D eigenvalue weighted by molar-refractivity contribution is 0.138. The number of nitrogens with zero attached hydrogens (tertiary/aromatic N) is 1. The zero-order chi connectivity index (χ0) is 14.7. The van der Waals surface area contributed by atoms with E-state index in [0.717, 1.165) is 25.1 Å². The summed E-state index contributed by atoms with van der Waals surface area (Å²) < 4.78 is 6.13. The first-order chi connectivity index (χ1) is 10.2. The number of ether oxygens (including phenoxy) is 1. The van der Waals surface area contributed by atoms with Gasteiger partial charge < -0.3 is 10.1 Å². The van der Waals surface area contributed by atoms with Crippen LogP contribution in [0.1, 0.15) is 18.1 Å². The molecule has 0 saturated carbocycles. The molecule has 1 aromatic heterocycles. The van der Waals surface area contributed by atoms with E-state index in [9.17, 15) is 0 Å². The molecule has 1 aliphatic heterocycles. The van der Waals surface area contributed by atoms with E-state index in [4.69, 9.17) is 27.9 Å². The van der Waals surface area contributed by atoms with Crippen LogP contribution in [0.3, 0.4) is 0 Å². The molecule has 1 unspecified atom stereocenters. The maximum absolute atomic E-state index is 6.18. The van der Waals surface area contributed by atoms with Crippen LogP contribution in [-0.2, 0) is 0 Å². The van der Waals surface area contributed by atoms with E-state index in [0.29, 0.717) is 21.8 Å². The number of aromatic nitrogens is 1. The SMILES string of the molecule is Clc1cnc(OC(c2ccccc2)[C@H]2CCNC2)c(Cl)c1. The van der Waals surface area contributed by atoms with Crippen LogP contribution in [0.5, 0.6) is 5.88 Å². The Labute approximate surface area is 134 Å². The average molecular weight is 323 g/mol. The standard InChI is InChI=1S/C16H16Cl2N2O/c17-13-8-14(18)16(20-10-13)21-15(12-6-7-19-9-12)11-4-2-1-3-5-11/h1-5,8,10,12,15,19H,6-7,9H2/t12-,15?/m0/s1. The second kappa shape index (κ2) is 6.65. The van der Waals surface area contributed by atoms with E-state index >= 15 is 0 Å². The Hall–Kier alpha value is -1.29. The lowest BCUT2D eigenvalue weighted by Crippen LogP contribution is -2.21. The second-order valence-electron chi connectivity index (χ2n) is 5.14. The molecule has 1 aromatic carbocycles. The molecular weight excluding hydrogens is 307 g/mol. The summed E-state index contributed by atoms with van der Waals surface area (Å²) in [5, 5.41) is 4.32. The van der Waals surface area contributed by atoms with Crippen LogP contribution < -0.4 is 10.1 Å². The van der Waals surface area contributed by atoms with Crippen LogP contribution in [0, 0.1) is 5.92 Å². The summed E-state index contributed by atoms with van der Waals surface area (Å²) in [7, 11) is 0. The molecule has 0 radical (unpaired) electrons. The molecule has 2 heterocycles. The lowest BCUT2D eigenvalue weighted by Gasteiger charge is -2.24. The number of hydrogen-bond donors (Lipinski definition) is 1. The first-order valence-electron chi connectivity index (χ1n) is 6.97. The minimum Gasteiger partial charge on any atom is -0.468 e. The van der Waals surface area contributed by atoms with Crippen molar-refractivity contribution in [1.82, 2.24) is 10.3 Å². The van der Waals surface area contributed by atoms with Crippen molar-refractivity contribution < 1.29 is 4.74 Å². The molecule has 21 heavy (non-hydrogen) atoms. The molecule has 1 aliphatic rings. The van der Waals surface area contributed by atoms with Crippen molar-refractivity contribution >= 4 is 23.2 Å². The van der Waals surface area contributed by atoms with Crippen LogP contribution in [0.15, 0.2) is 42.6 Å². The smallest absolute Gasteiger partial charge is 0.233 e. The molecule has 0 bridgehead atoms. The highest BCUT2D eigenvalue weighted by Gasteiger charge is 2.28. The van der Waals surface area contributed by atoms with Crippen molar-refractivity contribution in [2.24, 2.45) is 5.92 Å². The van der Waals surface area contributed by atoms with Crippen molar-refractivity contribution in [2.45, 2.75) is 12.5 Å². The van der Waals surface area contributed by atoms with Crippen molar-refractivity contribution in [1.29, 1.82) is 0 Å². The number of hydrogen-bond acceptors (Lipinski definition) is 3. The topological polar surface area (TPSA) is 34.1 Å². The highest BCUT2D eigenvalue weighted by Crippen LogP contribution is 2.34. The van der Waals surface area contributed by atoms with Gasteiger partial charge in [0.05, 0.1) is 5.02 Å². The van der Waals surface area contributed by atoms with Crippen LogP contribution in [-0.4, -0.2) is 18.1 Å². The monoisotopic (exact) mass is 322 g/mol. The Morgan fingerprint density at radius 2 is 2.05 bits per heavy atom. The van der Waals surface area contributed by atoms with E-state index in [2.05, 4.69) is 22.4 Å². The molecule has 2 aromatic rings. The van der Waals surface area contributed by atoms with Crippen LogP contribution in [0.25, 0.3) is 0 Å². The summed E-state index contributed by atoms with van der Waals surface area (Å²) in [6, 6.07) is 11.8. The molecule has 110 valence electrons. The van der Waals surface area contributed by atoms with Gasteiger partial charge in [-0.2, -0.15) is 0 Å². The number of rotatable bonds is 4. The van der Waals surface area contributed by atoms with Crippen LogP contribution in [0.2, 0.25) is 10.0 Å². The van der Waals surface area contributed by atoms with Crippen molar-refractivity contribution in [3.63, 3.8) is 0 Å². The fourth-order valence-electron chi connectivity index (χ4n) is 2.62. The quantitative estimate of drug-likeness (QED) is 0.919. The van der Waals surface area contributed by atoms with E-state index in [1.54, 1.807) is 12.3 Å². The van der Waals surface area contributed by atoms with E-state index in [1.807, 2.05) is 18.2 Å². The second-order valence-corrected chi connectivity index (χ2v) is 5.99. The third kappa shape index (κ3) is 3.49. The van der Waals surface area contributed by atoms with Gasteiger partial charge in [0.1, 0.15) is 11.1 Å². The van der Waals surface area contributed by atoms with Crippen molar-refractivity contribution in [3.8, 4) is 5.88 Å².